The molecule has 2 fully saturated rings. The molecule has 0 bridgehead atoms. The minimum absolute atomic E-state index is 0.779. The lowest BCUT2D eigenvalue weighted by Gasteiger charge is -2.37. The molecule has 1 spiro atoms. The number of hydrogen-bond acceptors (Lipinski definition) is 1. The number of hydrogen-bond donors (Lipinski definition) is 1. The summed E-state index contributed by atoms with van der Waals surface area (Å²) in [6.07, 6.45) is 20.4. The van der Waals surface area contributed by atoms with Gasteiger partial charge in [0.1, 0.15) is 0 Å². The van der Waals surface area contributed by atoms with Crippen LogP contribution in [0.2, 0.25) is 0 Å². The van der Waals surface area contributed by atoms with Crippen LogP contribution < -0.4 is 5.32 Å². The Hall–Kier alpha value is -0.480. The molecule has 1 N–H and O–H groups in total. The Morgan fingerprint density at radius 2 is 1.76 bits per heavy atom. The van der Waals surface area contributed by atoms with Crippen molar-refractivity contribution in [3.05, 3.63) is 0 Å². The Balaban J connectivity index is 1.58. The lowest BCUT2D eigenvalue weighted by atomic mass is 9.71. The van der Waals surface area contributed by atoms with E-state index in [2.05, 4.69) is 11.2 Å². The molecule has 2 rings (SSSR count). The highest BCUT2D eigenvalue weighted by atomic mass is 14.9. The summed E-state index contributed by atoms with van der Waals surface area (Å²) < 4.78 is 0. The molecule has 0 atom stereocenters. The second-order valence-electron chi connectivity index (χ2n) is 6.10. The van der Waals surface area contributed by atoms with Crippen molar-refractivity contribution in [2.45, 2.75) is 76.7 Å². The van der Waals surface area contributed by atoms with Gasteiger partial charge in [-0.05, 0) is 63.3 Å². The Bertz CT molecular complexity index is 247. The molecule has 1 nitrogen and oxygen atoms in total. The Morgan fingerprint density at radius 1 is 1.06 bits per heavy atom. The third-order valence-electron chi connectivity index (χ3n) is 4.89. The van der Waals surface area contributed by atoms with E-state index in [1.807, 2.05) is 0 Å². The van der Waals surface area contributed by atoms with Crippen molar-refractivity contribution in [2.24, 2.45) is 5.41 Å². The highest BCUT2D eigenvalue weighted by Gasteiger charge is 2.37. The zero-order valence-corrected chi connectivity index (χ0v) is 11.1. The van der Waals surface area contributed by atoms with E-state index in [4.69, 9.17) is 6.42 Å². The van der Waals surface area contributed by atoms with Crippen LogP contribution in [-0.4, -0.2) is 12.6 Å². The summed E-state index contributed by atoms with van der Waals surface area (Å²) in [6, 6.07) is 0.798. The first kappa shape index (κ1) is 13.0. The molecule has 96 valence electrons. The van der Waals surface area contributed by atoms with Crippen molar-refractivity contribution in [1.82, 2.24) is 5.32 Å². The number of terminal acetylenes is 1. The predicted octanol–water partition coefficient (Wildman–Crippen LogP) is 3.88. The van der Waals surface area contributed by atoms with Gasteiger partial charge in [0, 0.05) is 12.5 Å². The van der Waals surface area contributed by atoms with E-state index in [0.717, 1.165) is 17.9 Å². The highest BCUT2D eigenvalue weighted by Crippen LogP contribution is 2.48. The van der Waals surface area contributed by atoms with Crippen LogP contribution >= 0.6 is 0 Å². The molecular formula is C16H27N. The van der Waals surface area contributed by atoms with E-state index in [0.29, 0.717) is 0 Å². The van der Waals surface area contributed by atoms with Crippen molar-refractivity contribution >= 4 is 0 Å². The van der Waals surface area contributed by atoms with Gasteiger partial charge in [-0.3, -0.25) is 0 Å². The SMILES string of the molecule is C#CCCCCNC1CCC2(CCCC2)CC1. The van der Waals surface area contributed by atoms with Gasteiger partial charge in [0.05, 0.1) is 0 Å². The second-order valence-corrected chi connectivity index (χ2v) is 6.10. The summed E-state index contributed by atoms with van der Waals surface area (Å²) in [5.41, 5.74) is 0.779. The maximum absolute atomic E-state index is 5.25. The fraction of sp³-hybridized carbons (Fsp3) is 0.875. The summed E-state index contributed by atoms with van der Waals surface area (Å²) in [7, 11) is 0. The first-order valence-electron chi connectivity index (χ1n) is 7.52. The summed E-state index contributed by atoms with van der Waals surface area (Å²) in [4.78, 5) is 0. The van der Waals surface area contributed by atoms with Crippen molar-refractivity contribution in [3.63, 3.8) is 0 Å². The first-order chi connectivity index (χ1) is 8.35. The van der Waals surface area contributed by atoms with Gasteiger partial charge < -0.3 is 5.32 Å². The van der Waals surface area contributed by atoms with E-state index in [1.165, 1.54) is 70.8 Å². The number of nitrogens with one attached hydrogen (secondary N) is 1. The quantitative estimate of drug-likeness (QED) is 0.561. The van der Waals surface area contributed by atoms with Crippen LogP contribution in [0.15, 0.2) is 0 Å². The van der Waals surface area contributed by atoms with Gasteiger partial charge in [0.2, 0.25) is 0 Å². The van der Waals surface area contributed by atoms with Gasteiger partial charge in [-0.15, -0.1) is 12.3 Å². The molecule has 0 aromatic rings. The standard InChI is InChI=1S/C16H27N/c1-2-3-4-7-14-17-15-8-12-16(13-9-15)10-5-6-11-16/h1,15,17H,3-14H2. The predicted molar refractivity (Wildman–Crippen MR) is 73.8 cm³/mol. The van der Waals surface area contributed by atoms with Gasteiger partial charge in [-0.2, -0.15) is 0 Å². The molecule has 0 saturated heterocycles. The normalized spacial score (nSPS) is 23.9. The third-order valence-corrected chi connectivity index (χ3v) is 4.89. The molecule has 0 unspecified atom stereocenters. The molecule has 0 aliphatic heterocycles. The van der Waals surface area contributed by atoms with Crippen LogP contribution in [0.4, 0.5) is 0 Å². The van der Waals surface area contributed by atoms with Crippen LogP contribution in [0.25, 0.3) is 0 Å². The van der Waals surface area contributed by atoms with Crippen LogP contribution in [0.5, 0.6) is 0 Å². The first-order valence-corrected chi connectivity index (χ1v) is 7.52. The maximum atomic E-state index is 5.25. The number of rotatable bonds is 5. The molecular weight excluding hydrogens is 206 g/mol. The zero-order valence-electron chi connectivity index (χ0n) is 11.1. The molecule has 2 aliphatic rings. The average molecular weight is 233 g/mol. The Kier molecular flexibility index (Phi) is 4.92. The lowest BCUT2D eigenvalue weighted by Crippen LogP contribution is -2.37. The zero-order chi connectivity index (χ0) is 12.0. The summed E-state index contributed by atoms with van der Waals surface area (Å²) >= 11 is 0. The van der Waals surface area contributed by atoms with Crippen molar-refractivity contribution in [2.75, 3.05) is 6.54 Å². The average Bonchev–Trinajstić information content (AvgIpc) is 2.80. The van der Waals surface area contributed by atoms with E-state index in [9.17, 15) is 0 Å². The molecule has 0 amide bonds. The highest BCUT2D eigenvalue weighted by molar-refractivity contribution is 4.91. The second kappa shape index (κ2) is 6.45. The van der Waals surface area contributed by atoms with Crippen LogP contribution in [0, 0.1) is 17.8 Å². The van der Waals surface area contributed by atoms with Crippen molar-refractivity contribution < 1.29 is 0 Å². The summed E-state index contributed by atoms with van der Waals surface area (Å²) in [5, 5.41) is 3.72. The third kappa shape index (κ3) is 3.75. The minimum Gasteiger partial charge on any atom is -0.314 e. The molecule has 0 aromatic heterocycles. The van der Waals surface area contributed by atoms with Crippen LogP contribution in [-0.2, 0) is 0 Å². The van der Waals surface area contributed by atoms with Crippen LogP contribution in [0.3, 0.4) is 0 Å². The fourth-order valence-electron chi connectivity index (χ4n) is 3.72. The van der Waals surface area contributed by atoms with Gasteiger partial charge in [-0.1, -0.05) is 12.8 Å². The van der Waals surface area contributed by atoms with Crippen molar-refractivity contribution in [1.29, 1.82) is 0 Å². The lowest BCUT2D eigenvalue weighted by molar-refractivity contribution is 0.168. The summed E-state index contributed by atoms with van der Waals surface area (Å²) in [5.74, 6) is 2.71. The van der Waals surface area contributed by atoms with E-state index >= 15 is 0 Å². The smallest absolute Gasteiger partial charge is 0.00865 e. The largest absolute Gasteiger partial charge is 0.314 e. The Morgan fingerprint density at radius 3 is 2.41 bits per heavy atom. The van der Waals surface area contributed by atoms with Gasteiger partial charge in [-0.25, -0.2) is 0 Å². The fourth-order valence-corrected chi connectivity index (χ4v) is 3.72. The minimum atomic E-state index is 0.779. The van der Waals surface area contributed by atoms with E-state index < -0.39 is 0 Å². The maximum Gasteiger partial charge on any atom is 0.00865 e. The molecule has 0 aromatic carbocycles. The van der Waals surface area contributed by atoms with Crippen LogP contribution in [0.1, 0.15) is 70.6 Å². The molecule has 0 radical (unpaired) electrons. The molecule has 2 saturated carbocycles. The molecule has 17 heavy (non-hydrogen) atoms. The topological polar surface area (TPSA) is 12.0 Å². The summed E-state index contributed by atoms with van der Waals surface area (Å²) in [6.45, 7) is 1.17. The van der Waals surface area contributed by atoms with E-state index in [1.54, 1.807) is 0 Å². The van der Waals surface area contributed by atoms with Gasteiger partial charge in [0.15, 0.2) is 0 Å². The molecule has 2 aliphatic carbocycles. The number of unbranched alkanes of at least 4 members (excludes halogenated alkanes) is 2. The van der Waals surface area contributed by atoms with E-state index in [-0.39, 0.29) is 0 Å². The van der Waals surface area contributed by atoms with Gasteiger partial charge in [0.25, 0.3) is 0 Å². The Labute approximate surface area is 107 Å². The molecule has 1 heteroatoms. The van der Waals surface area contributed by atoms with Gasteiger partial charge >= 0.3 is 0 Å². The van der Waals surface area contributed by atoms with Crippen molar-refractivity contribution in [3.8, 4) is 12.3 Å². The molecule has 0 heterocycles. The monoisotopic (exact) mass is 233 g/mol.